The molecule has 0 radical (unpaired) electrons. The SMILES string of the molecule is CCOCC(NCc1csc(C(C)(C)C)n1)C(C)C. The maximum Gasteiger partial charge on any atom is 0.0982 e. The van der Waals surface area contributed by atoms with E-state index in [9.17, 15) is 0 Å². The molecule has 0 aromatic carbocycles. The van der Waals surface area contributed by atoms with Gasteiger partial charge in [-0.2, -0.15) is 0 Å². The van der Waals surface area contributed by atoms with Crippen LogP contribution in [0.1, 0.15) is 52.2 Å². The predicted octanol–water partition coefficient (Wildman–Crippen LogP) is 3.59. The van der Waals surface area contributed by atoms with Crippen LogP contribution in [0, 0.1) is 5.92 Å². The molecule has 0 saturated carbocycles. The van der Waals surface area contributed by atoms with Gasteiger partial charge in [-0.05, 0) is 12.8 Å². The topological polar surface area (TPSA) is 34.1 Å². The fourth-order valence-corrected chi connectivity index (χ4v) is 2.61. The Labute approximate surface area is 121 Å². The monoisotopic (exact) mass is 284 g/mol. The van der Waals surface area contributed by atoms with Gasteiger partial charge in [0.2, 0.25) is 0 Å². The molecule has 110 valence electrons. The zero-order chi connectivity index (χ0) is 14.5. The lowest BCUT2D eigenvalue weighted by Gasteiger charge is -2.21. The molecule has 1 rings (SSSR count). The number of thiazole rings is 1. The van der Waals surface area contributed by atoms with E-state index in [1.807, 2.05) is 6.92 Å². The molecule has 1 atom stereocenters. The third kappa shape index (κ3) is 5.59. The summed E-state index contributed by atoms with van der Waals surface area (Å²) in [6.07, 6.45) is 0. The first-order chi connectivity index (χ1) is 8.84. The summed E-state index contributed by atoms with van der Waals surface area (Å²) in [4.78, 5) is 4.71. The number of nitrogens with one attached hydrogen (secondary N) is 1. The Balaban J connectivity index is 2.52. The summed E-state index contributed by atoms with van der Waals surface area (Å²) in [5.74, 6) is 0.562. The molecule has 1 aromatic heterocycles. The fourth-order valence-electron chi connectivity index (χ4n) is 1.70. The van der Waals surface area contributed by atoms with Crippen LogP contribution in [-0.2, 0) is 16.7 Å². The van der Waals surface area contributed by atoms with E-state index in [2.05, 4.69) is 45.3 Å². The third-order valence-electron chi connectivity index (χ3n) is 3.04. The minimum absolute atomic E-state index is 0.145. The van der Waals surface area contributed by atoms with Crippen LogP contribution < -0.4 is 5.32 Å². The van der Waals surface area contributed by atoms with Crippen molar-refractivity contribution in [1.29, 1.82) is 0 Å². The number of ether oxygens (including phenoxy) is 1. The highest BCUT2D eigenvalue weighted by Gasteiger charge is 2.18. The lowest BCUT2D eigenvalue weighted by molar-refractivity contribution is 0.107. The second-order valence-electron chi connectivity index (χ2n) is 6.28. The van der Waals surface area contributed by atoms with Crippen LogP contribution in [0.2, 0.25) is 0 Å². The first-order valence-electron chi connectivity index (χ1n) is 7.10. The van der Waals surface area contributed by atoms with Gasteiger partial charge in [0.25, 0.3) is 0 Å². The lowest BCUT2D eigenvalue weighted by atomic mass is 9.98. The van der Waals surface area contributed by atoms with Crippen LogP contribution in [0.5, 0.6) is 0 Å². The van der Waals surface area contributed by atoms with E-state index in [4.69, 9.17) is 9.72 Å². The van der Waals surface area contributed by atoms with Crippen molar-refractivity contribution in [2.45, 2.75) is 59.5 Å². The Bertz CT molecular complexity index is 368. The maximum absolute atomic E-state index is 5.52. The summed E-state index contributed by atoms with van der Waals surface area (Å²) in [5, 5.41) is 6.92. The highest BCUT2D eigenvalue weighted by molar-refractivity contribution is 7.09. The molecule has 0 spiro atoms. The molecular weight excluding hydrogens is 256 g/mol. The maximum atomic E-state index is 5.52. The number of rotatable bonds is 7. The molecule has 19 heavy (non-hydrogen) atoms. The predicted molar refractivity (Wildman–Crippen MR) is 82.8 cm³/mol. The molecule has 0 aliphatic rings. The highest BCUT2D eigenvalue weighted by Crippen LogP contribution is 2.25. The van der Waals surface area contributed by atoms with Gasteiger partial charge in [-0.25, -0.2) is 4.98 Å². The van der Waals surface area contributed by atoms with E-state index in [-0.39, 0.29) is 5.41 Å². The molecule has 0 fully saturated rings. The van der Waals surface area contributed by atoms with Crippen LogP contribution in [0.3, 0.4) is 0 Å². The number of aromatic nitrogens is 1. The Morgan fingerprint density at radius 1 is 1.37 bits per heavy atom. The number of nitrogens with zero attached hydrogens (tertiary/aromatic N) is 1. The molecule has 1 aromatic rings. The van der Waals surface area contributed by atoms with Crippen molar-refractivity contribution in [3.63, 3.8) is 0 Å². The van der Waals surface area contributed by atoms with E-state index in [1.165, 1.54) is 5.01 Å². The van der Waals surface area contributed by atoms with Crippen LogP contribution in [0.25, 0.3) is 0 Å². The summed E-state index contributed by atoms with van der Waals surface area (Å²) in [5.41, 5.74) is 1.28. The Morgan fingerprint density at radius 2 is 2.05 bits per heavy atom. The smallest absolute Gasteiger partial charge is 0.0982 e. The van der Waals surface area contributed by atoms with Gasteiger partial charge in [0.05, 0.1) is 17.3 Å². The lowest BCUT2D eigenvalue weighted by Crippen LogP contribution is -2.37. The van der Waals surface area contributed by atoms with E-state index < -0.39 is 0 Å². The molecule has 0 saturated heterocycles. The molecule has 0 aliphatic carbocycles. The Hall–Kier alpha value is -0.450. The highest BCUT2D eigenvalue weighted by atomic mass is 32.1. The largest absolute Gasteiger partial charge is 0.380 e. The normalized spacial score (nSPS) is 14.1. The summed E-state index contributed by atoms with van der Waals surface area (Å²) >= 11 is 1.75. The molecule has 1 heterocycles. The van der Waals surface area contributed by atoms with E-state index in [0.717, 1.165) is 25.5 Å². The van der Waals surface area contributed by atoms with Gasteiger partial charge >= 0.3 is 0 Å². The van der Waals surface area contributed by atoms with Crippen LogP contribution in [0.15, 0.2) is 5.38 Å². The van der Waals surface area contributed by atoms with E-state index in [1.54, 1.807) is 11.3 Å². The Morgan fingerprint density at radius 3 is 2.53 bits per heavy atom. The number of hydrogen-bond acceptors (Lipinski definition) is 4. The van der Waals surface area contributed by atoms with Crippen molar-refractivity contribution in [1.82, 2.24) is 10.3 Å². The van der Waals surface area contributed by atoms with Gasteiger partial charge in [-0.15, -0.1) is 11.3 Å². The summed E-state index contributed by atoms with van der Waals surface area (Å²) < 4.78 is 5.52. The van der Waals surface area contributed by atoms with Crippen molar-refractivity contribution in [2.24, 2.45) is 5.92 Å². The average Bonchev–Trinajstić information content (AvgIpc) is 2.77. The van der Waals surface area contributed by atoms with Crippen molar-refractivity contribution >= 4 is 11.3 Å². The molecule has 4 heteroatoms. The van der Waals surface area contributed by atoms with Crippen LogP contribution in [-0.4, -0.2) is 24.2 Å². The van der Waals surface area contributed by atoms with Crippen molar-refractivity contribution in [3.8, 4) is 0 Å². The first kappa shape index (κ1) is 16.6. The summed E-state index contributed by atoms with van der Waals surface area (Å²) in [6.45, 7) is 15.5. The molecule has 1 N–H and O–H groups in total. The first-order valence-corrected chi connectivity index (χ1v) is 7.98. The zero-order valence-electron chi connectivity index (χ0n) is 13.1. The van der Waals surface area contributed by atoms with Crippen molar-refractivity contribution in [3.05, 3.63) is 16.1 Å². The minimum atomic E-state index is 0.145. The van der Waals surface area contributed by atoms with Crippen LogP contribution in [0.4, 0.5) is 0 Å². The van der Waals surface area contributed by atoms with Crippen LogP contribution >= 0.6 is 11.3 Å². The van der Waals surface area contributed by atoms with Gasteiger partial charge in [-0.3, -0.25) is 0 Å². The third-order valence-corrected chi connectivity index (χ3v) is 4.36. The molecule has 0 aliphatic heterocycles. The summed E-state index contributed by atoms with van der Waals surface area (Å²) in [6, 6.07) is 0.389. The molecule has 0 amide bonds. The van der Waals surface area contributed by atoms with Gasteiger partial charge in [0.1, 0.15) is 0 Å². The second-order valence-corrected chi connectivity index (χ2v) is 7.14. The van der Waals surface area contributed by atoms with Gasteiger partial charge < -0.3 is 10.1 Å². The van der Waals surface area contributed by atoms with Crippen molar-refractivity contribution < 1.29 is 4.74 Å². The fraction of sp³-hybridized carbons (Fsp3) is 0.800. The quantitative estimate of drug-likeness (QED) is 0.831. The summed E-state index contributed by atoms with van der Waals surface area (Å²) in [7, 11) is 0. The molecular formula is C15H28N2OS. The molecule has 3 nitrogen and oxygen atoms in total. The minimum Gasteiger partial charge on any atom is -0.380 e. The number of hydrogen-bond donors (Lipinski definition) is 1. The van der Waals surface area contributed by atoms with Crippen molar-refractivity contribution in [2.75, 3.05) is 13.2 Å². The standard InChI is InChI=1S/C15H28N2OS/c1-7-18-9-13(11(2)3)16-8-12-10-19-14(17-12)15(4,5)6/h10-11,13,16H,7-9H2,1-6H3. The second kappa shape index (κ2) is 7.36. The van der Waals surface area contributed by atoms with Gasteiger partial charge in [0, 0.05) is 30.0 Å². The van der Waals surface area contributed by atoms with Gasteiger partial charge in [-0.1, -0.05) is 34.6 Å². The van der Waals surface area contributed by atoms with E-state index >= 15 is 0 Å². The van der Waals surface area contributed by atoms with E-state index in [0.29, 0.717) is 12.0 Å². The molecule has 0 bridgehead atoms. The Kier molecular flexibility index (Phi) is 6.43. The zero-order valence-corrected chi connectivity index (χ0v) is 13.9. The van der Waals surface area contributed by atoms with Gasteiger partial charge in [0.15, 0.2) is 0 Å². The molecule has 1 unspecified atom stereocenters. The average molecular weight is 284 g/mol.